The fourth-order valence-electron chi connectivity index (χ4n) is 2.40. The molecule has 0 aliphatic rings. The molecule has 1 aromatic carbocycles. The molecule has 0 amide bonds. The van der Waals surface area contributed by atoms with Crippen molar-refractivity contribution >= 4 is 39.8 Å². The summed E-state index contributed by atoms with van der Waals surface area (Å²) in [5.41, 5.74) is 3.87. The van der Waals surface area contributed by atoms with Crippen LogP contribution in [0.3, 0.4) is 0 Å². The van der Waals surface area contributed by atoms with Crippen LogP contribution in [0.25, 0.3) is 0 Å². The molecule has 2 N–H and O–H groups in total. The molecule has 138 valence electrons. The number of aryl methyl sites for hydroxylation is 2. The quantitative estimate of drug-likeness (QED) is 0.267. The Morgan fingerprint density at radius 2 is 1.75 bits per heavy atom. The Hall–Kier alpha value is -0.830. The van der Waals surface area contributed by atoms with Gasteiger partial charge in [0.05, 0.1) is 5.75 Å². The van der Waals surface area contributed by atoms with Crippen LogP contribution in [0, 0.1) is 13.8 Å². The molecule has 0 unspecified atom stereocenters. The molecule has 0 radical (unpaired) electrons. The van der Waals surface area contributed by atoms with Crippen LogP contribution in [0.15, 0.2) is 23.2 Å². The minimum Gasteiger partial charge on any atom is -0.357 e. The highest BCUT2D eigenvalue weighted by atomic mass is 127. The number of halogens is 1. The molecule has 0 bridgehead atoms. The number of nitrogens with zero attached hydrogens (tertiary/aromatic N) is 1. The van der Waals surface area contributed by atoms with Gasteiger partial charge in [-0.1, -0.05) is 29.3 Å². The molecule has 0 fully saturated rings. The maximum absolute atomic E-state index is 11.1. The van der Waals surface area contributed by atoms with Gasteiger partial charge in [-0.15, -0.1) is 24.0 Å². The predicted octanol–water partition coefficient (Wildman–Crippen LogP) is 2.45. The lowest BCUT2D eigenvalue weighted by Gasteiger charge is -2.12. The van der Waals surface area contributed by atoms with Gasteiger partial charge in [0.15, 0.2) is 5.96 Å². The summed E-state index contributed by atoms with van der Waals surface area (Å²) < 4.78 is 22.2. The summed E-state index contributed by atoms with van der Waals surface area (Å²) in [7, 11) is -2.91. The first-order valence-electron chi connectivity index (χ1n) is 8.07. The van der Waals surface area contributed by atoms with E-state index in [9.17, 15) is 8.42 Å². The largest absolute Gasteiger partial charge is 0.357 e. The van der Waals surface area contributed by atoms with Crippen LogP contribution < -0.4 is 10.6 Å². The van der Waals surface area contributed by atoms with Gasteiger partial charge in [0, 0.05) is 25.9 Å². The summed E-state index contributed by atoms with van der Waals surface area (Å²) in [4.78, 5) is 4.41. The third-order valence-electron chi connectivity index (χ3n) is 3.27. The van der Waals surface area contributed by atoms with Crippen molar-refractivity contribution in [2.75, 3.05) is 31.6 Å². The van der Waals surface area contributed by atoms with E-state index in [2.05, 4.69) is 47.7 Å². The van der Waals surface area contributed by atoms with Crippen LogP contribution in [0.4, 0.5) is 0 Å². The maximum atomic E-state index is 11.1. The van der Waals surface area contributed by atoms with E-state index in [4.69, 9.17) is 0 Å². The van der Waals surface area contributed by atoms with Crippen molar-refractivity contribution < 1.29 is 8.42 Å². The fraction of sp³-hybridized carbons (Fsp3) is 0.588. The Morgan fingerprint density at radius 1 is 1.12 bits per heavy atom. The number of guanidine groups is 1. The van der Waals surface area contributed by atoms with Gasteiger partial charge in [-0.25, -0.2) is 8.42 Å². The van der Waals surface area contributed by atoms with Gasteiger partial charge in [-0.05, 0) is 39.2 Å². The summed E-state index contributed by atoms with van der Waals surface area (Å²) in [6.07, 6.45) is 2.73. The minimum absolute atomic E-state index is 0. The molecule has 0 atom stereocenters. The SMILES string of the molecule is CCNC(=NCCCS(C)(=O)=O)NCCc1cc(C)cc(C)c1.I. The third kappa shape index (κ3) is 10.9. The summed E-state index contributed by atoms with van der Waals surface area (Å²) >= 11 is 0. The topological polar surface area (TPSA) is 70.6 Å². The van der Waals surface area contributed by atoms with Gasteiger partial charge in [0.25, 0.3) is 0 Å². The Balaban J connectivity index is 0.00000529. The zero-order valence-corrected chi connectivity index (χ0v) is 18.2. The van der Waals surface area contributed by atoms with Crippen molar-refractivity contribution in [1.82, 2.24) is 10.6 Å². The van der Waals surface area contributed by atoms with Gasteiger partial charge < -0.3 is 10.6 Å². The van der Waals surface area contributed by atoms with Gasteiger partial charge in [-0.2, -0.15) is 0 Å². The molecule has 0 aromatic heterocycles. The summed E-state index contributed by atoms with van der Waals surface area (Å²) in [5, 5.41) is 6.47. The van der Waals surface area contributed by atoms with Crippen LogP contribution in [0.1, 0.15) is 30.0 Å². The molecule has 0 heterocycles. The predicted molar refractivity (Wildman–Crippen MR) is 113 cm³/mol. The van der Waals surface area contributed by atoms with Crippen molar-refractivity contribution in [3.63, 3.8) is 0 Å². The minimum atomic E-state index is -2.91. The van der Waals surface area contributed by atoms with Gasteiger partial charge >= 0.3 is 0 Å². The van der Waals surface area contributed by atoms with Crippen LogP contribution >= 0.6 is 24.0 Å². The van der Waals surface area contributed by atoms with E-state index in [0.29, 0.717) is 13.0 Å². The van der Waals surface area contributed by atoms with Crippen molar-refractivity contribution in [3.05, 3.63) is 34.9 Å². The summed E-state index contributed by atoms with van der Waals surface area (Å²) in [6.45, 7) is 8.31. The van der Waals surface area contributed by atoms with Crippen molar-refractivity contribution in [2.24, 2.45) is 4.99 Å². The number of aliphatic imine (C=N–C) groups is 1. The highest BCUT2D eigenvalue weighted by molar-refractivity contribution is 14.0. The van der Waals surface area contributed by atoms with E-state index in [-0.39, 0.29) is 29.7 Å². The lowest BCUT2D eigenvalue weighted by molar-refractivity contribution is 0.599. The highest BCUT2D eigenvalue weighted by Crippen LogP contribution is 2.08. The maximum Gasteiger partial charge on any atom is 0.191 e. The molecule has 7 heteroatoms. The summed E-state index contributed by atoms with van der Waals surface area (Å²) in [6, 6.07) is 6.57. The molecule has 0 spiro atoms. The van der Waals surface area contributed by atoms with Gasteiger partial charge in [0.2, 0.25) is 0 Å². The highest BCUT2D eigenvalue weighted by Gasteiger charge is 2.02. The monoisotopic (exact) mass is 467 g/mol. The standard InChI is InChI=1S/C17H29N3O2S.HI/c1-5-18-17(19-8-6-10-23(4,21)22)20-9-7-16-12-14(2)11-15(3)13-16;/h11-13H,5-10H2,1-4H3,(H2,18,19,20);1H. The second kappa shape index (κ2) is 11.7. The molecule has 5 nitrogen and oxygen atoms in total. The first-order chi connectivity index (χ1) is 10.8. The second-order valence-corrected chi connectivity index (χ2v) is 8.18. The van der Waals surface area contributed by atoms with Crippen molar-refractivity contribution in [1.29, 1.82) is 0 Å². The molecular formula is C17H30IN3O2S. The molecule has 24 heavy (non-hydrogen) atoms. The normalized spacial score (nSPS) is 11.8. The molecule has 1 rings (SSSR count). The summed E-state index contributed by atoms with van der Waals surface area (Å²) in [5.74, 6) is 0.920. The molecule has 1 aromatic rings. The lowest BCUT2D eigenvalue weighted by Crippen LogP contribution is -2.38. The average molecular weight is 467 g/mol. The van der Waals surface area contributed by atoms with E-state index < -0.39 is 9.84 Å². The van der Waals surface area contributed by atoms with Crippen LogP contribution in [-0.2, 0) is 16.3 Å². The molecule has 0 aliphatic heterocycles. The first kappa shape index (κ1) is 23.2. The molecule has 0 saturated heterocycles. The number of hydrogen-bond donors (Lipinski definition) is 2. The number of nitrogens with one attached hydrogen (secondary N) is 2. The third-order valence-corrected chi connectivity index (χ3v) is 4.31. The smallest absolute Gasteiger partial charge is 0.191 e. The van der Waals surface area contributed by atoms with E-state index in [1.165, 1.54) is 22.9 Å². The zero-order chi connectivity index (χ0) is 17.3. The number of rotatable bonds is 8. The number of sulfone groups is 1. The molecule has 0 aliphatic carbocycles. The number of hydrogen-bond acceptors (Lipinski definition) is 3. The average Bonchev–Trinajstić information content (AvgIpc) is 2.41. The van der Waals surface area contributed by atoms with Crippen molar-refractivity contribution in [2.45, 2.75) is 33.6 Å². The Bertz CT molecular complexity index is 610. The molecular weight excluding hydrogens is 437 g/mol. The van der Waals surface area contributed by atoms with E-state index in [0.717, 1.165) is 25.5 Å². The van der Waals surface area contributed by atoms with Gasteiger partial charge in [-0.3, -0.25) is 4.99 Å². The lowest BCUT2D eigenvalue weighted by atomic mass is 10.1. The van der Waals surface area contributed by atoms with Crippen LogP contribution in [0.5, 0.6) is 0 Å². The van der Waals surface area contributed by atoms with Gasteiger partial charge in [0.1, 0.15) is 9.84 Å². The zero-order valence-electron chi connectivity index (χ0n) is 15.1. The second-order valence-electron chi connectivity index (χ2n) is 5.92. The Kier molecular flexibility index (Phi) is 11.3. The van der Waals surface area contributed by atoms with E-state index in [1.807, 2.05) is 6.92 Å². The Morgan fingerprint density at radius 3 is 2.29 bits per heavy atom. The molecule has 0 saturated carbocycles. The van der Waals surface area contributed by atoms with E-state index in [1.54, 1.807) is 0 Å². The first-order valence-corrected chi connectivity index (χ1v) is 10.1. The van der Waals surface area contributed by atoms with Crippen LogP contribution in [0.2, 0.25) is 0 Å². The van der Waals surface area contributed by atoms with Crippen molar-refractivity contribution in [3.8, 4) is 0 Å². The van der Waals surface area contributed by atoms with E-state index >= 15 is 0 Å². The van der Waals surface area contributed by atoms with Crippen LogP contribution in [-0.4, -0.2) is 46.0 Å². The number of benzene rings is 1. The fourth-order valence-corrected chi connectivity index (χ4v) is 3.05. The Labute approximate surface area is 163 Å².